The zero-order chi connectivity index (χ0) is 37.3. The Morgan fingerprint density at radius 1 is 0.962 bits per heavy atom. The number of benzene rings is 3. The minimum absolute atomic E-state index is 0.0145. The van der Waals surface area contributed by atoms with Crippen molar-refractivity contribution < 1.29 is 33.3 Å². The number of methoxy groups -OCH3 is 1. The SMILES string of the molecule is COc1ccccc1COCCCOc1ccc(C2CCN(C(=O)OC(C)(C)C)CC2NC(=O)c2ccc3c(c2)N(CC(=O)N(C)C)CCC3)cc1. The van der Waals surface area contributed by atoms with E-state index in [1.165, 1.54) is 0 Å². The summed E-state index contributed by atoms with van der Waals surface area (Å²) in [6.45, 7) is 8.93. The summed E-state index contributed by atoms with van der Waals surface area (Å²) in [6, 6.07) is 21.2. The van der Waals surface area contributed by atoms with Crippen molar-refractivity contribution in [3.63, 3.8) is 0 Å². The van der Waals surface area contributed by atoms with E-state index in [1.54, 1.807) is 31.0 Å². The summed E-state index contributed by atoms with van der Waals surface area (Å²) in [5, 5.41) is 3.26. The van der Waals surface area contributed by atoms with Crippen LogP contribution < -0.4 is 19.7 Å². The Labute approximate surface area is 308 Å². The molecule has 280 valence electrons. The second kappa shape index (κ2) is 17.6. The number of likely N-dealkylation sites (N-methyl/N-ethyl adjacent to an activating group) is 1. The van der Waals surface area contributed by atoms with Crippen LogP contribution in [0.4, 0.5) is 10.5 Å². The van der Waals surface area contributed by atoms with Crippen LogP contribution in [0.5, 0.6) is 11.5 Å². The first-order valence-electron chi connectivity index (χ1n) is 18.2. The second-order valence-corrected chi connectivity index (χ2v) is 14.7. The molecule has 0 saturated carbocycles. The fourth-order valence-corrected chi connectivity index (χ4v) is 6.67. The maximum atomic E-state index is 13.9. The molecule has 0 aromatic heterocycles. The zero-order valence-electron chi connectivity index (χ0n) is 31.5. The molecule has 11 heteroatoms. The molecule has 2 unspecified atom stereocenters. The molecular formula is C41H54N4O7. The summed E-state index contributed by atoms with van der Waals surface area (Å²) >= 11 is 0. The van der Waals surface area contributed by atoms with Gasteiger partial charge in [-0.2, -0.15) is 0 Å². The molecular weight excluding hydrogens is 660 g/mol. The smallest absolute Gasteiger partial charge is 0.410 e. The Kier molecular flexibility index (Phi) is 13.0. The molecule has 2 aliphatic heterocycles. The molecule has 52 heavy (non-hydrogen) atoms. The normalized spacial score (nSPS) is 17.2. The van der Waals surface area contributed by atoms with Crippen LogP contribution in [0.1, 0.15) is 73.0 Å². The number of nitrogens with one attached hydrogen (secondary N) is 1. The number of aryl methyl sites for hydroxylation is 1. The van der Waals surface area contributed by atoms with E-state index < -0.39 is 11.7 Å². The van der Waals surface area contributed by atoms with Crippen molar-refractivity contribution in [1.82, 2.24) is 15.1 Å². The first-order chi connectivity index (χ1) is 24.9. The van der Waals surface area contributed by atoms with Crippen molar-refractivity contribution in [2.45, 2.75) is 70.6 Å². The van der Waals surface area contributed by atoms with E-state index in [9.17, 15) is 14.4 Å². The third kappa shape index (κ3) is 10.4. The van der Waals surface area contributed by atoms with Crippen LogP contribution in [0.3, 0.4) is 0 Å². The fourth-order valence-electron chi connectivity index (χ4n) is 6.67. The number of hydrogen-bond donors (Lipinski definition) is 1. The molecule has 2 atom stereocenters. The highest BCUT2D eigenvalue weighted by Gasteiger charge is 2.35. The fraction of sp³-hybridized carbons (Fsp3) is 0.488. The van der Waals surface area contributed by atoms with Crippen molar-refractivity contribution in [2.24, 2.45) is 0 Å². The number of carbonyl (C=O) groups excluding carboxylic acids is 3. The molecule has 0 spiro atoms. The molecule has 2 heterocycles. The number of carbonyl (C=O) groups is 3. The van der Waals surface area contributed by atoms with Crippen molar-refractivity contribution >= 4 is 23.6 Å². The first kappa shape index (κ1) is 38.5. The predicted octanol–water partition coefficient (Wildman–Crippen LogP) is 6.04. The van der Waals surface area contributed by atoms with Gasteiger partial charge >= 0.3 is 6.09 Å². The van der Waals surface area contributed by atoms with Crippen LogP contribution in [-0.2, 0) is 27.3 Å². The maximum absolute atomic E-state index is 13.9. The van der Waals surface area contributed by atoms with Crippen LogP contribution in [0, 0.1) is 0 Å². The highest BCUT2D eigenvalue weighted by atomic mass is 16.6. The number of likely N-dealkylation sites (tertiary alicyclic amines) is 1. The van der Waals surface area contributed by atoms with Gasteiger partial charge in [0, 0.05) is 62.9 Å². The van der Waals surface area contributed by atoms with Crippen LogP contribution in [0.25, 0.3) is 0 Å². The van der Waals surface area contributed by atoms with Gasteiger partial charge in [0.15, 0.2) is 0 Å². The summed E-state index contributed by atoms with van der Waals surface area (Å²) in [5.74, 6) is 1.33. The number of rotatable bonds is 13. The number of hydrogen-bond acceptors (Lipinski definition) is 8. The lowest BCUT2D eigenvalue weighted by molar-refractivity contribution is -0.127. The number of ether oxygens (including phenoxy) is 4. The van der Waals surface area contributed by atoms with Crippen LogP contribution >= 0.6 is 0 Å². The highest BCUT2D eigenvalue weighted by Crippen LogP contribution is 2.32. The third-order valence-corrected chi connectivity index (χ3v) is 9.43. The van der Waals surface area contributed by atoms with Crippen LogP contribution in [-0.4, -0.2) is 99.9 Å². The molecule has 0 bridgehead atoms. The van der Waals surface area contributed by atoms with Crippen LogP contribution in [0.15, 0.2) is 66.7 Å². The average Bonchev–Trinajstić information content (AvgIpc) is 3.12. The molecule has 1 fully saturated rings. The first-order valence-corrected chi connectivity index (χ1v) is 18.2. The minimum Gasteiger partial charge on any atom is -0.496 e. The summed E-state index contributed by atoms with van der Waals surface area (Å²) in [4.78, 5) is 44.9. The highest BCUT2D eigenvalue weighted by molar-refractivity contribution is 5.96. The van der Waals surface area contributed by atoms with E-state index in [1.807, 2.05) is 87.5 Å². The summed E-state index contributed by atoms with van der Waals surface area (Å²) < 4.78 is 22.9. The molecule has 1 saturated heterocycles. The van der Waals surface area contributed by atoms with E-state index in [2.05, 4.69) is 10.2 Å². The number of para-hydroxylation sites is 1. The topological polar surface area (TPSA) is 110 Å². The van der Waals surface area contributed by atoms with Crippen molar-refractivity contribution in [2.75, 3.05) is 65.5 Å². The van der Waals surface area contributed by atoms with Gasteiger partial charge in [0.25, 0.3) is 5.91 Å². The van der Waals surface area contributed by atoms with E-state index in [4.69, 9.17) is 18.9 Å². The molecule has 3 amide bonds. The van der Waals surface area contributed by atoms with Crippen molar-refractivity contribution in [3.8, 4) is 11.5 Å². The van der Waals surface area contributed by atoms with Crippen molar-refractivity contribution in [3.05, 3.63) is 89.0 Å². The van der Waals surface area contributed by atoms with Gasteiger partial charge in [0.1, 0.15) is 17.1 Å². The largest absolute Gasteiger partial charge is 0.496 e. The Morgan fingerprint density at radius 3 is 2.46 bits per heavy atom. The lowest BCUT2D eigenvalue weighted by Gasteiger charge is -2.39. The second-order valence-electron chi connectivity index (χ2n) is 14.7. The quantitative estimate of drug-likeness (QED) is 0.214. The van der Waals surface area contributed by atoms with Crippen LogP contribution in [0.2, 0.25) is 0 Å². The van der Waals surface area contributed by atoms with Gasteiger partial charge < -0.3 is 39.0 Å². The summed E-state index contributed by atoms with van der Waals surface area (Å²) in [6.07, 6.45) is 2.85. The van der Waals surface area contributed by atoms with Gasteiger partial charge in [-0.1, -0.05) is 36.4 Å². The van der Waals surface area contributed by atoms with E-state index in [0.29, 0.717) is 44.9 Å². The number of piperidine rings is 1. The zero-order valence-corrected chi connectivity index (χ0v) is 31.5. The maximum Gasteiger partial charge on any atom is 0.410 e. The van der Waals surface area contributed by atoms with Gasteiger partial charge in [-0.3, -0.25) is 9.59 Å². The molecule has 3 aromatic carbocycles. The molecule has 0 radical (unpaired) electrons. The molecule has 1 N–H and O–H groups in total. The molecule has 0 aliphatic carbocycles. The lowest BCUT2D eigenvalue weighted by atomic mass is 9.85. The van der Waals surface area contributed by atoms with Gasteiger partial charge in [0.2, 0.25) is 5.91 Å². The Morgan fingerprint density at radius 2 is 1.73 bits per heavy atom. The number of nitrogens with zero attached hydrogens (tertiary/aromatic N) is 3. The lowest BCUT2D eigenvalue weighted by Crippen LogP contribution is -2.54. The Balaban J connectivity index is 1.23. The van der Waals surface area contributed by atoms with E-state index >= 15 is 0 Å². The number of anilines is 1. The van der Waals surface area contributed by atoms with Crippen molar-refractivity contribution in [1.29, 1.82) is 0 Å². The molecule has 3 aromatic rings. The molecule has 11 nitrogen and oxygen atoms in total. The number of amides is 3. The summed E-state index contributed by atoms with van der Waals surface area (Å²) in [7, 11) is 5.16. The average molecular weight is 715 g/mol. The van der Waals surface area contributed by atoms with Gasteiger partial charge in [0.05, 0.1) is 39.5 Å². The number of fused-ring (bicyclic) bond motifs is 1. The van der Waals surface area contributed by atoms with Gasteiger partial charge in [-0.05, 0) is 81.5 Å². The Bertz CT molecular complexity index is 1670. The van der Waals surface area contributed by atoms with E-state index in [0.717, 1.165) is 59.7 Å². The minimum atomic E-state index is -0.632. The Hall–Kier alpha value is -4.77. The molecule has 5 rings (SSSR count). The summed E-state index contributed by atoms with van der Waals surface area (Å²) in [5.41, 5.74) is 4.00. The van der Waals surface area contributed by atoms with Gasteiger partial charge in [-0.25, -0.2) is 4.79 Å². The predicted molar refractivity (Wildman–Crippen MR) is 201 cm³/mol. The monoisotopic (exact) mass is 714 g/mol. The van der Waals surface area contributed by atoms with Gasteiger partial charge in [-0.15, -0.1) is 0 Å². The molecule has 2 aliphatic rings. The van der Waals surface area contributed by atoms with E-state index in [-0.39, 0.29) is 30.3 Å². The standard InChI is InChI=1S/C41H54N4O7/c1-41(2,3)52-40(48)45-22-20-34(29-16-18-33(19-17-29)51-24-10-23-50-28-32-11-7-8-13-37(32)49-6)35(26-45)42-39(47)31-15-14-30-12-9-21-44(36(30)25-31)27-38(46)43(4)5/h7-8,11,13-19,25,34-35H,9-10,12,20-24,26-28H2,1-6H3,(H,42,47). The third-order valence-electron chi connectivity index (χ3n) is 9.43.